The Balaban J connectivity index is 0.000000130. The minimum absolute atomic E-state index is 0.0117. The topological polar surface area (TPSA) is 344 Å². The van der Waals surface area contributed by atoms with E-state index in [0.717, 1.165) is 55.5 Å². The number of terminal acetylenes is 1. The van der Waals surface area contributed by atoms with Crippen molar-refractivity contribution in [2.45, 2.75) is 76.0 Å². The number of pyridine rings is 3. The summed E-state index contributed by atoms with van der Waals surface area (Å²) in [4.78, 5) is 125. The van der Waals surface area contributed by atoms with Gasteiger partial charge in [-0.05, 0) is 92.7 Å². The predicted octanol–water partition coefficient (Wildman–Crippen LogP) is 9.94. The SMILES string of the molecule is C#CC1(c2ccccc2)CC12CCN(C(=O)C(=O)c1c[nH]c3c(-n4cnc(C)n4)ncc(OC)c13)CC2.COc1cnc(-n2cnc(C)n2)c2[nH]cc(C(=O)C(=O)N3CCC(C(c4ccccc4)c4nccn4C)CC3)c12.Cn1ccnc1C(c1ccccc1)C1CCN(C(=O)C(=O)c2c[nH]c3c(-n4ccnn4)ncc(F)c23)CC1. The number of ketones is 3. The summed E-state index contributed by atoms with van der Waals surface area (Å²) in [5, 5.41) is 17.3. The molecule has 30 nitrogen and oxygen atoms in total. The number of nitrogens with zero attached hydrogens (tertiary/aromatic N) is 19. The van der Waals surface area contributed by atoms with Crippen molar-refractivity contribution < 1.29 is 42.6 Å². The van der Waals surface area contributed by atoms with E-state index in [2.05, 4.69) is 117 Å². The average Bonchev–Trinajstić information content (AvgIpc) is 1.52. The lowest BCUT2D eigenvalue weighted by Crippen LogP contribution is -2.44. The number of nitrogens with one attached hydrogen (secondary N) is 3. The van der Waals surface area contributed by atoms with Crippen LogP contribution in [0, 0.1) is 49.3 Å². The molecular weight excluding hydrogens is 1460 g/mol. The van der Waals surface area contributed by atoms with Crippen molar-refractivity contribution >= 4 is 67.8 Å². The summed E-state index contributed by atoms with van der Waals surface area (Å²) in [6, 6.07) is 30.8. The lowest BCUT2D eigenvalue weighted by Gasteiger charge is -2.35. The summed E-state index contributed by atoms with van der Waals surface area (Å²) < 4.78 is 34.3. The highest BCUT2D eigenvalue weighted by atomic mass is 19.1. The van der Waals surface area contributed by atoms with Gasteiger partial charge < -0.3 is 48.3 Å². The van der Waals surface area contributed by atoms with Gasteiger partial charge in [0, 0.05) is 109 Å². The molecule has 3 aliphatic heterocycles. The molecule has 1 aliphatic carbocycles. The molecular formula is C84H81FN22O8. The zero-order valence-electron chi connectivity index (χ0n) is 64.0. The fourth-order valence-corrected chi connectivity index (χ4v) is 17.1. The van der Waals surface area contributed by atoms with Crippen LogP contribution >= 0.6 is 0 Å². The van der Waals surface area contributed by atoms with Crippen LogP contribution < -0.4 is 9.47 Å². The zero-order chi connectivity index (χ0) is 79.8. The molecule has 4 aliphatic rings. The van der Waals surface area contributed by atoms with Crippen LogP contribution in [0.2, 0.25) is 0 Å². The smallest absolute Gasteiger partial charge is 0.295 e. The Bertz CT molecular complexity index is 6010. The average molecular weight is 1550 g/mol. The molecule has 1 spiro atoms. The first-order chi connectivity index (χ1) is 55.9. The number of carbonyl (C=O) groups excluding carboxylic acids is 6. The van der Waals surface area contributed by atoms with Crippen LogP contribution in [-0.4, -0.2) is 197 Å². The molecule has 3 unspecified atom stereocenters. The van der Waals surface area contributed by atoms with Gasteiger partial charge in [0.15, 0.2) is 23.3 Å². The number of fused-ring (bicyclic) bond motifs is 3. The zero-order valence-corrected chi connectivity index (χ0v) is 64.0. The first kappa shape index (κ1) is 75.1. The molecule has 3 aromatic carbocycles. The highest BCUT2D eigenvalue weighted by Gasteiger charge is 2.67. The summed E-state index contributed by atoms with van der Waals surface area (Å²) in [7, 11) is 7.01. The Morgan fingerprint density at radius 1 is 0.513 bits per heavy atom. The molecule has 582 valence electrons. The number of likely N-dealkylation sites (tertiary alicyclic amines) is 3. The summed E-state index contributed by atoms with van der Waals surface area (Å²) in [5.74, 6) is 4.63. The second kappa shape index (κ2) is 31.3. The van der Waals surface area contributed by atoms with Crippen LogP contribution in [0.4, 0.5) is 4.39 Å². The minimum Gasteiger partial charge on any atom is -0.494 e. The van der Waals surface area contributed by atoms with Gasteiger partial charge in [0.1, 0.15) is 47.5 Å². The van der Waals surface area contributed by atoms with E-state index in [1.165, 1.54) is 70.4 Å². The van der Waals surface area contributed by atoms with Crippen LogP contribution in [0.1, 0.15) is 128 Å². The van der Waals surface area contributed by atoms with Gasteiger partial charge in [-0.15, -0.1) is 11.5 Å². The number of H-pyrrole nitrogens is 3. The van der Waals surface area contributed by atoms with E-state index in [1.54, 1.807) is 59.8 Å². The summed E-state index contributed by atoms with van der Waals surface area (Å²) in [5.41, 5.74) is 5.04. The van der Waals surface area contributed by atoms with E-state index < -0.39 is 40.9 Å². The lowest BCUT2D eigenvalue weighted by atomic mass is 9.79. The number of halogens is 1. The Kier molecular flexibility index (Phi) is 20.5. The quantitative estimate of drug-likeness (QED) is 0.0408. The summed E-state index contributed by atoms with van der Waals surface area (Å²) >= 11 is 0. The minimum atomic E-state index is -0.756. The monoisotopic (exact) mass is 1540 g/mol. The number of aromatic amines is 3. The van der Waals surface area contributed by atoms with Gasteiger partial charge in [0.25, 0.3) is 35.1 Å². The fourth-order valence-electron chi connectivity index (χ4n) is 17.1. The number of aryl methyl sites for hydroxylation is 4. The van der Waals surface area contributed by atoms with Crippen LogP contribution in [0.15, 0.2) is 178 Å². The van der Waals surface area contributed by atoms with Crippen LogP contribution in [0.5, 0.6) is 11.5 Å². The van der Waals surface area contributed by atoms with Crippen molar-refractivity contribution in [3.63, 3.8) is 0 Å². The predicted molar refractivity (Wildman–Crippen MR) is 420 cm³/mol. The van der Waals surface area contributed by atoms with E-state index in [4.69, 9.17) is 15.9 Å². The molecule has 3 N–H and O–H groups in total. The maximum atomic E-state index is 14.8. The first-order valence-corrected chi connectivity index (χ1v) is 37.9. The third-order valence-corrected chi connectivity index (χ3v) is 23.1. The Morgan fingerprint density at radius 2 is 0.922 bits per heavy atom. The van der Waals surface area contributed by atoms with Gasteiger partial charge in [-0.3, -0.25) is 28.8 Å². The molecule has 4 fully saturated rings. The summed E-state index contributed by atoms with van der Waals surface area (Å²) in [6.07, 6.45) is 33.6. The number of hydrogen-bond donors (Lipinski definition) is 3. The van der Waals surface area contributed by atoms with Crippen molar-refractivity contribution in [1.29, 1.82) is 0 Å². The second-order valence-electron chi connectivity index (χ2n) is 29.4. The lowest BCUT2D eigenvalue weighted by molar-refractivity contribution is -0.128. The number of methoxy groups -OCH3 is 2. The van der Waals surface area contributed by atoms with Crippen molar-refractivity contribution in [2.75, 3.05) is 53.5 Å². The number of piperidine rings is 3. The molecule has 14 aromatic rings. The number of Topliss-reactive ketones (excluding diaryl/α,β-unsaturated/α-hetero) is 3. The van der Waals surface area contributed by atoms with E-state index in [-0.39, 0.29) is 67.9 Å². The van der Waals surface area contributed by atoms with E-state index in [0.29, 0.717) is 109 Å². The molecule has 14 heterocycles. The van der Waals surface area contributed by atoms with Crippen molar-refractivity contribution in [2.24, 2.45) is 31.3 Å². The highest BCUT2D eigenvalue weighted by Crippen LogP contribution is 2.69. The molecule has 3 saturated heterocycles. The number of carbonyl (C=O) groups is 6. The molecule has 0 radical (unpaired) electrons. The molecule has 1 saturated carbocycles. The number of aromatic nitrogens is 19. The first-order valence-electron chi connectivity index (χ1n) is 37.9. The Hall–Kier alpha value is -13.9. The molecule has 3 atom stereocenters. The normalized spacial score (nSPS) is 16.7. The number of amides is 3. The third kappa shape index (κ3) is 13.9. The van der Waals surface area contributed by atoms with Gasteiger partial charge in [-0.1, -0.05) is 102 Å². The van der Waals surface area contributed by atoms with Gasteiger partial charge >= 0.3 is 0 Å². The Morgan fingerprint density at radius 3 is 1.31 bits per heavy atom. The van der Waals surface area contributed by atoms with Crippen molar-refractivity contribution in [1.82, 2.24) is 108 Å². The third-order valence-electron chi connectivity index (χ3n) is 23.1. The van der Waals surface area contributed by atoms with Crippen molar-refractivity contribution in [3.05, 3.63) is 241 Å². The highest BCUT2D eigenvalue weighted by molar-refractivity contribution is 6.46. The number of imidazole rings is 2. The standard InChI is InChI=1S/C29H30N8O3.C28H26N6O3.C27H25FN8O2/c1-18-33-17-37(34-18)28-25-24(22(40-3)16-32-28)21(15-31-25)26(38)29(39)36-12-9-20(10-13-36)23(19-7-5-4-6-8-19)27-30-11-14-35(27)2;1-4-28(19-8-6-5-7-9-19)16-27(28)10-12-33(13-11-27)26(36)24(35)20-14-29-23-22(20)21(37-3)15-30-25(23)34-17-31-18(2)32-34;1-34-13-9-29-25(34)21(17-5-3-2-4-6-17)18-7-11-35(12-8-18)27(38)24(37)19-15-30-23-22(19)20(28)16-31-26(23)36-14-10-32-33-36/h4-8,11,14-17,20,23,31H,9-10,12-13H2,1-3H3;1,5-9,14-15,17,29H,10-13,16H2,2-3H3;2-6,9-10,13-16,18,21,30H,7-8,11-12H2,1H3. The van der Waals surface area contributed by atoms with Gasteiger partial charge in [0.05, 0.1) is 100 Å². The molecule has 0 bridgehead atoms. The van der Waals surface area contributed by atoms with Crippen LogP contribution in [0.3, 0.4) is 0 Å². The number of ether oxygens (including phenoxy) is 2. The van der Waals surface area contributed by atoms with E-state index >= 15 is 0 Å². The van der Waals surface area contributed by atoms with E-state index in [1.807, 2.05) is 91.9 Å². The molecule has 31 heteroatoms. The van der Waals surface area contributed by atoms with Crippen molar-refractivity contribution in [3.8, 4) is 41.3 Å². The largest absolute Gasteiger partial charge is 0.494 e. The second-order valence-corrected chi connectivity index (χ2v) is 29.4. The molecule has 115 heavy (non-hydrogen) atoms. The Labute approximate surface area is 658 Å². The van der Waals surface area contributed by atoms with Gasteiger partial charge in [0.2, 0.25) is 0 Å². The van der Waals surface area contributed by atoms with Crippen LogP contribution in [-0.2, 0) is 33.9 Å². The maximum Gasteiger partial charge on any atom is 0.295 e. The number of rotatable bonds is 18. The molecule has 3 amide bonds. The molecule has 18 rings (SSSR count). The fraction of sp³-hybridized carbons (Fsp3) is 0.298. The van der Waals surface area contributed by atoms with Crippen LogP contribution in [0.25, 0.3) is 50.2 Å². The molecule has 11 aromatic heterocycles. The maximum absolute atomic E-state index is 14.8. The van der Waals surface area contributed by atoms with Gasteiger partial charge in [-0.25, -0.2) is 53.3 Å². The summed E-state index contributed by atoms with van der Waals surface area (Å²) in [6.45, 7) is 6.38. The van der Waals surface area contributed by atoms with Gasteiger partial charge in [-0.2, -0.15) is 10.2 Å². The van der Waals surface area contributed by atoms with E-state index in [9.17, 15) is 33.2 Å². The number of benzene rings is 3. The number of hydrogen-bond acceptors (Lipinski definition) is 19.